The number of carbonyl (C=O) groups excluding carboxylic acids is 1. The highest BCUT2D eigenvalue weighted by Gasteiger charge is 2.25. The predicted molar refractivity (Wildman–Crippen MR) is 84.7 cm³/mol. The molecule has 23 heavy (non-hydrogen) atoms. The maximum absolute atomic E-state index is 12.6. The van der Waals surface area contributed by atoms with Crippen molar-refractivity contribution in [2.45, 2.75) is 38.9 Å². The number of H-pyrrole nitrogens is 1. The number of nitrogens with one attached hydrogen (secondary N) is 1. The fraction of sp³-hybridized carbons (Fsp3) is 0.562. The van der Waals surface area contributed by atoms with Gasteiger partial charge >= 0.3 is 0 Å². The fourth-order valence-electron chi connectivity index (χ4n) is 3.48. The molecule has 0 atom stereocenters. The van der Waals surface area contributed by atoms with Gasteiger partial charge in [0.25, 0.3) is 5.91 Å². The van der Waals surface area contributed by atoms with Crippen molar-refractivity contribution in [3.05, 3.63) is 35.4 Å². The third-order valence-corrected chi connectivity index (χ3v) is 4.76. The number of aryl methyl sites for hydroxylation is 1. The lowest BCUT2D eigenvalue weighted by Crippen LogP contribution is -2.31. The minimum atomic E-state index is 0.0769. The molecule has 1 N–H and O–H groups in total. The van der Waals surface area contributed by atoms with E-state index in [1.165, 1.54) is 12.8 Å². The first-order chi connectivity index (χ1) is 11.3. The van der Waals surface area contributed by atoms with Gasteiger partial charge in [0, 0.05) is 32.0 Å². The molecular formula is C16H22N6O. The lowest BCUT2D eigenvalue weighted by atomic mass is 10.2. The first-order valence-corrected chi connectivity index (χ1v) is 8.37. The lowest BCUT2D eigenvalue weighted by Gasteiger charge is -2.20. The summed E-state index contributed by atoms with van der Waals surface area (Å²) < 4.78 is 1.98. The number of carbonyl (C=O) groups is 1. The highest BCUT2D eigenvalue weighted by Crippen LogP contribution is 2.19. The molecule has 122 valence electrons. The molecule has 2 aliphatic heterocycles. The van der Waals surface area contributed by atoms with Gasteiger partial charge in [0.2, 0.25) is 0 Å². The van der Waals surface area contributed by atoms with E-state index >= 15 is 0 Å². The van der Waals surface area contributed by atoms with Gasteiger partial charge in [-0.2, -0.15) is 0 Å². The zero-order chi connectivity index (χ0) is 15.6. The number of hydrogen-bond donors (Lipinski definition) is 1. The monoisotopic (exact) mass is 314 g/mol. The van der Waals surface area contributed by atoms with E-state index < -0.39 is 0 Å². The second kappa shape index (κ2) is 6.16. The molecule has 0 saturated carbocycles. The number of nitrogens with zero attached hydrogens (tertiary/aromatic N) is 5. The summed E-state index contributed by atoms with van der Waals surface area (Å²) in [6.07, 6.45) is 6.99. The van der Waals surface area contributed by atoms with E-state index in [-0.39, 0.29) is 5.91 Å². The van der Waals surface area contributed by atoms with Crippen LogP contribution in [0.1, 0.15) is 41.0 Å². The Balaban J connectivity index is 1.55. The van der Waals surface area contributed by atoms with Gasteiger partial charge in [-0.05, 0) is 38.4 Å². The number of aromatic amines is 1. The SMILES string of the molecule is O=C(c1cc[nH]c1)N1CCCn2nnc(CN3CCCC3)c2C1. The fourth-order valence-corrected chi connectivity index (χ4v) is 3.48. The Morgan fingerprint density at radius 1 is 1.17 bits per heavy atom. The van der Waals surface area contributed by atoms with Gasteiger partial charge in [-0.25, -0.2) is 4.68 Å². The molecule has 2 aromatic heterocycles. The zero-order valence-electron chi connectivity index (χ0n) is 13.2. The van der Waals surface area contributed by atoms with Crippen LogP contribution in [0.15, 0.2) is 18.5 Å². The van der Waals surface area contributed by atoms with Gasteiger partial charge in [-0.15, -0.1) is 5.10 Å². The van der Waals surface area contributed by atoms with Crippen LogP contribution in [0.5, 0.6) is 0 Å². The highest BCUT2D eigenvalue weighted by molar-refractivity contribution is 5.94. The Kier molecular flexibility index (Phi) is 3.87. The molecule has 0 unspecified atom stereocenters. The quantitative estimate of drug-likeness (QED) is 0.925. The molecule has 0 bridgehead atoms. The van der Waals surface area contributed by atoms with Crippen molar-refractivity contribution >= 4 is 5.91 Å². The van der Waals surface area contributed by atoms with Crippen molar-refractivity contribution < 1.29 is 4.79 Å². The number of hydrogen-bond acceptors (Lipinski definition) is 4. The van der Waals surface area contributed by atoms with Crippen LogP contribution < -0.4 is 0 Å². The average molecular weight is 314 g/mol. The Labute approximate surface area is 135 Å². The van der Waals surface area contributed by atoms with E-state index in [0.717, 1.165) is 50.5 Å². The van der Waals surface area contributed by atoms with Gasteiger partial charge in [0.05, 0.1) is 17.8 Å². The summed E-state index contributed by atoms with van der Waals surface area (Å²) in [5, 5.41) is 8.70. The zero-order valence-corrected chi connectivity index (χ0v) is 13.2. The number of amides is 1. The summed E-state index contributed by atoms with van der Waals surface area (Å²) in [7, 11) is 0. The number of likely N-dealkylation sites (tertiary alicyclic amines) is 1. The highest BCUT2D eigenvalue weighted by atomic mass is 16.2. The van der Waals surface area contributed by atoms with E-state index in [2.05, 4.69) is 20.2 Å². The van der Waals surface area contributed by atoms with Crippen molar-refractivity contribution in [1.82, 2.24) is 29.8 Å². The number of aromatic nitrogens is 4. The first-order valence-electron chi connectivity index (χ1n) is 8.37. The Morgan fingerprint density at radius 3 is 2.83 bits per heavy atom. The van der Waals surface area contributed by atoms with Crippen molar-refractivity contribution in [1.29, 1.82) is 0 Å². The minimum Gasteiger partial charge on any atom is -0.367 e. The van der Waals surface area contributed by atoms with Crippen molar-refractivity contribution in [3.8, 4) is 0 Å². The van der Waals surface area contributed by atoms with Crippen molar-refractivity contribution in [3.63, 3.8) is 0 Å². The van der Waals surface area contributed by atoms with Crippen LogP contribution in [0.3, 0.4) is 0 Å². The molecule has 0 aliphatic carbocycles. The summed E-state index contributed by atoms with van der Waals surface area (Å²) in [4.78, 5) is 19.9. The molecular weight excluding hydrogens is 292 g/mol. The third-order valence-electron chi connectivity index (χ3n) is 4.76. The molecule has 0 spiro atoms. The van der Waals surface area contributed by atoms with Gasteiger partial charge in [-0.1, -0.05) is 5.21 Å². The van der Waals surface area contributed by atoms with Crippen LogP contribution in [0.4, 0.5) is 0 Å². The van der Waals surface area contributed by atoms with Crippen LogP contribution in [-0.2, 0) is 19.6 Å². The Bertz CT molecular complexity index is 671. The third kappa shape index (κ3) is 2.88. The summed E-state index contributed by atoms with van der Waals surface area (Å²) in [6, 6.07) is 1.83. The molecule has 1 fully saturated rings. The second-order valence-corrected chi connectivity index (χ2v) is 6.37. The summed E-state index contributed by atoms with van der Waals surface area (Å²) in [5.41, 5.74) is 2.84. The second-order valence-electron chi connectivity index (χ2n) is 6.37. The summed E-state index contributed by atoms with van der Waals surface area (Å²) >= 11 is 0. The molecule has 1 amide bonds. The van der Waals surface area contributed by atoms with Gasteiger partial charge in [0.1, 0.15) is 5.69 Å². The molecule has 2 aromatic rings. The molecule has 0 aromatic carbocycles. The van der Waals surface area contributed by atoms with Crippen molar-refractivity contribution in [2.24, 2.45) is 0 Å². The lowest BCUT2D eigenvalue weighted by molar-refractivity contribution is 0.0745. The molecule has 7 heteroatoms. The Hall–Kier alpha value is -2.15. The van der Waals surface area contributed by atoms with Crippen LogP contribution in [0, 0.1) is 0 Å². The van der Waals surface area contributed by atoms with Crippen LogP contribution >= 0.6 is 0 Å². The molecule has 4 rings (SSSR count). The standard InChI is InChI=1S/C16H22N6O/c23-16(13-4-5-17-10-13)21-8-3-9-22-15(12-21)14(18-19-22)11-20-6-1-2-7-20/h4-5,10,17H,1-3,6-9,11-12H2. The van der Waals surface area contributed by atoms with Gasteiger partial charge in [0.15, 0.2) is 0 Å². The van der Waals surface area contributed by atoms with E-state index in [1.54, 1.807) is 12.4 Å². The normalized spacial score (nSPS) is 18.9. The van der Waals surface area contributed by atoms with E-state index in [1.807, 2.05) is 15.6 Å². The van der Waals surface area contributed by atoms with E-state index in [4.69, 9.17) is 0 Å². The summed E-state index contributed by atoms with van der Waals surface area (Å²) in [6.45, 7) is 5.31. The maximum atomic E-state index is 12.6. The topological polar surface area (TPSA) is 70.0 Å². The van der Waals surface area contributed by atoms with Crippen molar-refractivity contribution in [2.75, 3.05) is 19.6 Å². The maximum Gasteiger partial charge on any atom is 0.255 e. The average Bonchev–Trinajstić information content (AvgIpc) is 3.29. The largest absolute Gasteiger partial charge is 0.367 e. The molecule has 7 nitrogen and oxygen atoms in total. The summed E-state index contributed by atoms with van der Waals surface area (Å²) in [5.74, 6) is 0.0769. The molecule has 4 heterocycles. The van der Waals surface area contributed by atoms with Crippen LogP contribution in [-0.4, -0.2) is 55.3 Å². The molecule has 1 saturated heterocycles. The van der Waals surface area contributed by atoms with Gasteiger partial charge in [-0.3, -0.25) is 9.69 Å². The van der Waals surface area contributed by atoms with Crippen LogP contribution in [0.2, 0.25) is 0 Å². The smallest absolute Gasteiger partial charge is 0.255 e. The first kappa shape index (κ1) is 14.4. The predicted octanol–water partition coefficient (Wildman–Crippen LogP) is 1.25. The molecule has 0 radical (unpaired) electrons. The van der Waals surface area contributed by atoms with E-state index in [0.29, 0.717) is 12.1 Å². The minimum absolute atomic E-state index is 0.0769. The number of fused-ring (bicyclic) bond motifs is 1. The number of rotatable bonds is 3. The molecule has 2 aliphatic rings. The Morgan fingerprint density at radius 2 is 2.04 bits per heavy atom. The van der Waals surface area contributed by atoms with Crippen LogP contribution in [0.25, 0.3) is 0 Å². The van der Waals surface area contributed by atoms with E-state index in [9.17, 15) is 4.79 Å². The van der Waals surface area contributed by atoms with Gasteiger partial charge < -0.3 is 9.88 Å².